The molecule has 0 amide bonds. The summed E-state index contributed by atoms with van der Waals surface area (Å²) in [6.07, 6.45) is 1.63. The molecule has 0 bridgehead atoms. The third kappa shape index (κ3) is 6.32. The molecule has 150 valence electrons. The van der Waals surface area contributed by atoms with Crippen molar-refractivity contribution in [3.05, 3.63) is 89.5 Å². The zero-order valence-corrected chi connectivity index (χ0v) is 17.0. The van der Waals surface area contributed by atoms with Gasteiger partial charge in [-0.15, -0.1) is 0 Å². The summed E-state index contributed by atoms with van der Waals surface area (Å²) < 4.78 is 0. The molecule has 1 aliphatic heterocycles. The van der Waals surface area contributed by atoms with Gasteiger partial charge in [-0.05, 0) is 65.9 Å². The summed E-state index contributed by atoms with van der Waals surface area (Å²) in [5.41, 5.74) is 5.49. The second-order valence-electron chi connectivity index (χ2n) is 6.86. The largest absolute Gasteiger partial charge is 0.508 e. The Kier molecular flexibility index (Phi) is 8.16. The van der Waals surface area contributed by atoms with E-state index in [2.05, 4.69) is 24.9 Å². The molecular weight excluding hydrogens is 362 g/mol. The van der Waals surface area contributed by atoms with Crippen molar-refractivity contribution >= 4 is 17.7 Å². The molecule has 0 unspecified atom stereocenters. The highest BCUT2D eigenvalue weighted by Crippen LogP contribution is 2.28. The van der Waals surface area contributed by atoms with Crippen molar-refractivity contribution in [1.29, 1.82) is 0 Å². The fourth-order valence-corrected chi connectivity index (χ4v) is 2.93. The van der Waals surface area contributed by atoms with E-state index < -0.39 is 0 Å². The smallest absolute Gasteiger partial charge is 0.119 e. The molecule has 0 spiro atoms. The van der Waals surface area contributed by atoms with Crippen LogP contribution in [0.4, 0.5) is 5.69 Å². The number of phenolic OH excluding ortho intramolecular Hbond substituents is 2. The van der Waals surface area contributed by atoms with Crippen LogP contribution < -0.4 is 0 Å². The van der Waals surface area contributed by atoms with Gasteiger partial charge >= 0.3 is 0 Å². The molecule has 0 aromatic heterocycles. The van der Waals surface area contributed by atoms with Crippen molar-refractivity contribution in [2.75, 3.05) is 0 Å². The number of hydrogen-bond donors (Lipinski definition) is 2. The molecule has 1 heterocycles. The van der Waals surface area contributed by atoms with Crippen molar-refractivity contribution in [2.24, 2.45) is 4.99 Å². The first-order chi connectivity index (χ1) is 14.0. The van der Waals surface area contributed by atoms with Gasteiger partial charge in [-0.2, -0.15) is 0 Å². The molecule has 2 N–H and O–H groups in total. The van der Waals surface area contributed by atoms with Gasteiger partial charge in [0.1, 0.15) is 17.8 Å². The Hall–Kier alpha value is -3.40. The molecule has 3 aromatic carbocycles. The topological polar surface area (TPSA) is 69.9 Å². The average Bonchev–Trinajstić information content (AvgIpc) is 3.14. The molecule has 0 fully saturated rings. The lowest BCUT2D eigenvalue weighted by Crippen LogP contribution is -1.99. The molecule has 0 saturated carbocycles. The highest BCUT2D eigenvalue weighted by atomic mass is 16.3. The number of benzene rings is 3. The number of phenols is 2. The average molecular weight is 389 g/mol. The van der Waals surface area contributed by atoms with Gasteiger partial charge in [0, 0.05) is 6.42 Å². The second-order valence-corrected chi connectivity index (χ2v) is 6.86. The number of nitrogens with zero attached hydrogens (tertiary/aromatic N) is 1. The molecule has 0 atom stereocenters. The van der Waals surface area contributed by atoms with E-state index in [0.717, 1.165) is 35.2 Å². The Balaban J connectivity index is 0.000000199. The van der Waals surface area contributed by atoms with E-state index in [9.17, 15) is 10.2 Å². The third-order valence-corrected chi connectivity index (χ3v) is 4.36. The first-order valence-electron chi connectivity index (χ1n) is 9.58. The number of aliphatic imine (C=N–C) groups is 1. The van der Waals surface area contributed by atoms with Gasteiger partial charge in [-0.1, -0.05) is 50.2 Å². The van der Waals surface area contributed by atoms with Gasteiger partial charge in [0.15, 0.2) is 0 Å². The summed E-state index contributed by atoms with van der Waals surface area (Å²) in [7, 11) is 0. The monoisotopic (exact) mass is 389 g/mol. The Labute approximate surface area is 172 Å². The van der Waals surface area contributed by atoms with Gasteiger partial charge < -0.3 is 15.0 Å². The summed E-state index contributed by atoms with van der Waals surface area (Å²) in [4.78, 5) is 13.4. The molecule has 3 aromatic rings. The Morgan fingerprint density at radius 1 is 0.897 bits per heavy atom. The van der Waals surface area contributed by atoms with E-state index in [1.54, 1.807) is 18.2 Å². The van der Waals surface area contributed by atoms with Crippen LogP contribution in [0.5, 0.6) is 11.5 Å². The minimum atomic E-state index is 0.292. The van der Waals surface area contributed by atoms with Gasteiger partial charge in [0.25, 0.3) is 0 Å². The van der Waals surface area contributed by atoms with Crippen LogP contribution in [0.2, 0.25) is 0 Å². The van der Waals surface area contributed by atoms with Gasteiger partial charge in [-0.25, -0.2) is 0 Å². The predicted molar refractivity (Wildman–Crippen MR) is 118 cm³/mol. The number of rotatable bonds is 2. The first kappa shape index (κ1) is 21.9. The van der Waals surface area contributed by atoms with Crippen LogP contribution in [-0.4, -0.2) is 22.2 Å². The second kappa shape index (κ2) is 10.8. The van der Waals surface area contributed by atoms with Gasteiger partial charge in [0.2, 0.25) is 0 Å². The van der Waals surface area contributed by atoms with Crippen LogP contribution in [-0.2, 0) is 11.2 Å². The highest BCUT2D eigenvalue weighted by molar-refractivity contribution is 6.06. The van der Waals surface area contributed by atoms with Crippen LogP contribution in [0.25, 0.3) is 0 Å². The molecule has 0 radical (unpaired) electrons. The zero-order chi connectivity index (χ0) is 21.2. The van der Waals surface area contributed by atoms with Crippen molar-refractivity contribution in [3.63, 3.8) is 0 Å². The number of aromatic hydroxyl groups is 2. The Morgan fingerprint density at radius 3 is 2.03 bits per heavy atom. The maximum atomic E-state index is 9.28. The number of para-hydroxylation sites is 2. The molecule has 0 saturated heterocycles. The van der Waals surface area contributed by atoms with E-state index >= 15 is 0 Å². The molecule has 4 rings (SSSR count). The standard InChI is InChI=1S/C14H11NO.C9H12O.C2H4O/c16-12-7-5-10(6-8-12)14-9-11-3-1-2-4-13(11)15-14;1-7(2)8-5-3-4-6-9(8)10;1-2-3/h1-8,16H,9H2;3-7,10H,1-2H3;2H,1H3. The van der Waals surface area contributed by atoms with E-state index in [1.165, 1.54) is 12.5 Å². The minimum Gasteiger partial charge on any atom is -0.508 e. The number of hydrogen-bond acceptors (Lipinski definition) is 4. The number of fused-ring (bicyclic) bond motifs is 1. The fraction of sp³-hybridized carbons (Fsp3) is 0.200. The fourth-order valence-electron chi connectivity index (χ4n) is 2.93. The lowest BCUT2D eigenvalue weighted by Gasteiger charge is -2.05. The van der Waals surface area contributed by atoms with Crippen LogP contribution in [0.3, 0.4) is 0 Å². The van der Waals surface area contributed by atoms with Gasteiger partial charge in [0.05, 0.1) is 11.4 Å². The number of aldehydes is 1. The summed E-state index contributed by atoms with van der Waals surface area (Å²) in [6.45, 7) is 5.57. The molecule has 29 heavy (non-hydrogen) atoms. The van der Waals surface area contributed by atoms with E-state index in [1.807, 2.05) is 48.5 Å². The normalized spacial score (nSPS) is 11.4. The third-order valence-electron chi connectivity index (χ3n) is 4.36. The van der Waals surface area contributed by atoms with Crippen molar-refractivity contribution in [3.8, 4) is 11.5 Å². The van der Waals surface area contributed by atoms with E-state index in [0.29, 0.717) is 17.4 Å². The Morgan fingerprint density at radius 2 is 1.48 bits per heavy atom. The summed E-state index contributed by atoms with van der Waals surface area (Å²) >= 11 is 0. The lowest BCUT2D eigenvalue weighted by atomic mass is 10.0. The van der Waals surface area contributed by atoms with Crippen molar-refractivity contribution in [2.45, 2.75) is 33.1 Å². The van der Waals surface area contributed by atoms with Crippen LogP contribution in [0.1, 0.15) is 43.4 Å². The van der Waals surface area contributed by atoms with E-state index in [4.69, 9.17) is 4.79 Å². The zero-order valence-electron chi connectivity index (χ0n) is 17.0. The summed E-state index contributed by atoms with van der Waals surface area (Å²) in [5.74, 6) is 1.10. The van der Waals surface area contributed by atoms with Crippen molar-refractivity contribution in [1.82, 2.24) is 0 Å². The SMILES string of the molecule is CC(C)c1ccccc1O.CC=O.Oc1ccc(C2=Nc3ccccc3C2)cc1. The van der Waals surface area contributed by atoms with Gasteiger partial charge in [-0.3, -0.25) is 4.99 Å². The number of carbonyl (C=O) groups excluding carboxylic acids is 1. The minimum absolute atomic E-state index is 0.292. The Bertz CT molecular complexity index is 960. The molecule has 1 aliphatic rings. The molecule has 0 aliphatic carbocycles. The van der Waals surface area contributed by atoms with Crippen LogP contribution in [0.15, 0.2) is 77.8 Å². The molecule has 4 heteroatoms. The molecule has 4 nitrogen and oxygen atoms in total. The maximum absolute atomic E-state index is 9.28. The quantitative estimate of drug-likeness (QED) is 0.545. The van der Waals surface area contributed by atoms with Crippen LogP contribution >= 0.6 is 0 Å². The highest BCUT2D eigenvalue weighted by Gasteiger charge is 2.14. The summed E-state index contributed by atoms with van der Waals surface area (Å²) in [6, 6.07) is 22.8. The van der Waals surface area contributed by atoms with Crippen LogP contribution in [0, 0.1) is 0 Å². The first-order valence-corrected chi connectivity index (χ1v) is 9.58. The molecular formula is C25H27NO3. The van der Waals surface area contributed by atoms with E-state index in [-0.39, 0.29) is 0 Å². The van der Waals surface area contributed by atoms with Crippen molar-refractivity contribution < 1.29 is 15.0 Å². The summed E-state index contributed by atoms with van der Waals surface area (Å²) in [5, 5.41) is 18.5. The lowest BCUT2D eigenvalue weighted by molar-refractivity contribution is -0.106. The predicted octanol–water partition coefficient (Wildman–Crippen LogP) is 5.79. The maximum Gasteiger partial charge on any atom is 0.119 e. The number of carbonyl (C=O) groups is 1.